The van der Waals surface area contributed by atoms with Crippen molar-refractivity contribution in [2.24, 2.45) is 5.92 Å². The topological polar surface area (TPSA) is 61.4 Å². The number of benzene rings is 2. The van der Waals surface area contributed by atoms with E-state index in [-0.39, 0.29) is 22.7 Å². The van der Waals surface area contributed by atoms with Crippen LogP contribution in [0.25, 0.3) is 0 Å². The molecular weight excluding hydrogens is 451 g/mol. The maximum absolute atomic E-state index is 13.0. The molecule has 1 aliphatic heterocycles. The SMILES string of the molecule is O=C(Nc1ccc(Br)c(C(F)(F)F)c1)C1CCCN(C(=O)Nc2ccccc2)C1. The molecule has 0 spiro atoms. The van der Waals surface area contributed by atoms with Crippen LogP contribution in [0.3, 0.4) is 0 Å². The number of piperidine rings is 1. The number of alkyl halides is 3. The summed E-state index contributed by atoms with van der Waals surface area (Å²) in [6.45, 7) is 0.714. The predicted molar refractivity (Wildman–Crippen MR) is 108 cm³/mol. The first kappa shape index (κ1) is 21.2. The van der Waals surface area contributed by atoms with Crippen molar-refractivity contribution in [3.05, 3.63) is 58.6 Å². The van der Waals surface area contributed by atoms with E-state index < -0.39 is 23.6 Å². The predicted octanol–water partition coefficient (Wildman–Crippen LogP) is 5.35. The van der Waals surface area contributed by atoms with E-state index >= 15 is 0 Å². The summed E-state index contributed by atoms with van der Waals surface area (Å²) in [6.07, 6.45) is -3.34. The molecule has 2 N–H and O–H groups in total. The van der Waals surface area contributed by atoms with Crippen LogP contribution in [0, 0.1) is 5.92 Å². The molecule has 2 aromatic carbocycles. The Morgan fingerprint density at radius 1 is 1.03 bits per heavy atom. The van der Waals surface area contributed by atoms with E-state index in [0.717, 1.165) is 6.07 Å². The fraction of sp³-hybridized carbons (Fsp3) is 0.300. The third-order valence-corrected chi connectivity index (χ3v) is 5.34. The number of para-hydroxylation sites is 1. The molecule has 3 rings (SSSR count). The first-order valence-electron chi connectivity index (χ1n) is 9.02. The van der Waals surface area contributed by atoms with Crippen molar-refractivity contribution in [1.29, 1.82) is 0 Å². The normalized spacial score (nSPS) is 17.0. The summed E-state index contributed by atoms with van der Waals surface area (Å²) in [4.78, 5) is 26.6. The third kappa shape index (κ3) is 5.50. The van der Waals surface area contributed by atoms with E-state index in [1.54, 1.807) is 29.2 Å². The molecule has 0 bridgehead atoms. The van der Waals surface area contributed by atoms with E-state index in [1.807, 2.05) is 6.07 Å². The number of nitrogens with one attached hydrogen (secondary N) is 2. The minimum absolute atomic E-state index is 0.0661. The number of nitrogens with zero attached hydrogens (tertiary/aromatic N) is 1. The quantitative estimate of drug-likeness (QED) is 0.636. The summed E-state index contributed by atoms with van der Waals surface area (Å²) in [7, 11) is 0. The molecule has 1 fully saturated rings. The number of rotatable bonds is 3. The van der Waals surface area contributed by atoms with Crippen LogP contribution in [0.1, 0.15) is 18.4 Å². The van der Waals surface area contributed by atoms with Gasteiger partial charge in [0.2, 0.25) is 5.91 Å². The van der Waals surface area contributed by atoms with Gasteiger partial charge in [-0.1, -0.05) is 34.1 Å². The Morgan fingerprint density at radius 2 is 1.76 bits per heavy atom. The van der Waals surface area contributed by atoms with Gasteiger partial charge in [0.15, 0.2) is 0 Å². The molecule has 154 valence electrons. The minimum atomic E-state index is -4.53. The van der Waals surface area contributed by atoms with E-state index in [9.17, 15) is 22.8 Å². The van der Waals surface area contributed by atoms with Gasteiger partial charge >= 0.3 is 12.2 Å². The summed E-state index contributed by atoms with van der Waals surface area (Å²) >= 11 is 2.88. The van der Waals surface area contributed by atoms with Crippen molar-refractivity contribution >= 4 is 39.2 Å². The van der Waals surface area contributed by atoms with Gasteiger partial charge in [-0.25, -0.2) is 4.79 Å². The van der Waals surface area contributed by atoms with Crippen LogP contribution in [0.2, 0.25) is 0 Å². The molecule has 0 aliphatic carbocycles. The first-order valence-corrected chi connectivity index (χ1v) is 9.82. The Bertz CT molecular complexity index is 890. The van der Waals surface area contributed by atoms with Crippen LogP contribution >= 0.6 is 15.9 Å². The highest BCUT2D eigenvalue weighted by atomic mass is 79.9. The second-order valence-electron chi connectivity index (χ2n) is 6.76. The smallest absolute Gasteiger partial charge is 0.326 e. The van der Waals surface area contributed by atoms with Crippen LogP contribution in [0.5, 0.6) is 0 Å². The maximum Gasteiger partial charge on any atom is 0.417 e. The van der Waals surface area contributed by atoms with Crippen LogP contribution in [-0.2, 0) is 11.0 Å². The van der Waals surface area contributed by atoms with Gasteiger partial charge in [-0.15, -0.1) is 0 Å². The average Bonchev–Trinajstić information content (AvgIpc) is 2.69. The number of hydrogen-bond donors (Lipinski definition) is 2. The van der Waals surface area contributed by atoms with Crippen molar-refractivity contribution in [3.8, 4) is 0 Å². The Labute approximate surface area is 174 Å². The van der Waals surface area contributed by atoms with Gasteiger partial charge in [0.05, 0.1) is 11.5 Å². The second-order valence-corrected chi connectivity index (χ2v) is 7.62. The molecule has 0 radical (unpaired) electrons. The minimum Gasteiger partial charge on any atom is -0.326 e. The number of hydrogen-bond acceptors (Lipinski definition) is 2. The van der Waals surface area contributed by atoms with Gasteiger partial charge in [-0.2, -0.15) is 13.2 Å². The second kappa shape index (κ2) is 8.86. The number of halogens is 4. The molecule has 3 amide bonds. The van der Waals surface area contributed by atoms with E-state index in [4.69, 9.17) is 0 Å². The van der Waals surface area contributed by atoms with Gasteiger partial charge in [0.1, 0.15) is 0 Å². The van der Waals surface area contributed by atoms with Gasteiger partial charge in [-0.05, 0) is 43.2 Å². The fourth-order valence-corrected chi connectivity index (χ4v) is 3.64. The van der Waals surface area contributed by atoms with Crippen molar-refractivity contribution in [2.45, 2.75) is 19.0 Å². The first-order chi connectivity index (χ1) is 13.7. The Balaban J connectivity index is 1.63. The van der Waals surface area contributed by atoms with Gasteiger partial charge < -0.3 is 15.5 Å². The number of amides is 3. The summed E-state index contributed by atoms with van der Waals surface area (Å²) in [5.74, 6) is -0.902. The lowest BCUT2D eigenvalue weighted by molar-refractivity contribution is -0.138. The number of anilines is 2. The van der Waals surface area contributed by atoms with Gasteiger partial charge in [0, 0.05) is 28.9 Å². The van der Waals surface area contributed by atoms with E-state index in [1.165, 1.54) is 12.1 Å². The summed E-state index contributed by atoms with van der Waals surface area (Å²) in [5.41, 5.74) is -0.141. The highest BCUT2D eigenvalue weighted by molar-refractivity contribution is 9.10. The molecule has 0 aromatic heterocycles. The zero-order valence-corrected chi connectivity index (χ0v) is 16.9. The van der Waals surface area contributed by atoms with Gasteiger partial charge in [0.25, 0.3) is 0 Å². The maximum atomic E-state index is 13.0. The van der Waals surface area contributed by atoms with Crippen LogP contribution in [0.15, 0.2) is 53.0 Å². The zero-order valence-electron chi connectivity index (χ0n) is 15.3. The summed E-state index contributed by atoms with van der Waals surface area (Å²) in [5, 5.41) is 5.32. The molecular formula is C20H19BrF3N3O2. The summed E-state index contributed by atoms with van der Waals surface area (Å²) < 4.78 is 39.0. The molecule has 1 atom stereocenters. The summed E-state index contributed by atoms with van der Waals surface area (Å²) in [6, 6.07) is 12.2. The highest BCUT2D eigenvalue weighted by Gasteiger charge is 2.34. The zero-order chi connectivity index (χ0) is 21.0. The van der Waals surface area contributed by atoms with E-state index in [2.05, 4.69) is 26.6 Å². The van der Waals surface area contributed by atoms with Crippen molar-refractivity contribution < 1.29 is 22.8 Å². The molecule has 9 heteroatoms. The number of carbonyl (C=O) groups excluding carboxylic acids is 2. The number of carbonyl (C=O) groups is 2. The molecule has 5 nitrogen and oxygen atoms in total. The number of urea groups is 1. The Hall–Kier alpha value is -2.55. The van der Waals surface area contributed by atoms with E-state index in [0.29, 0.717) is 25.1 Å². The molecule has 1 aliphatic rings. The molecule has 2 aromatic rings. The molecule has 1 heterocycles. The number of likely N-dealkylation sites (tertiary alicyclic amines) is 1. The molecule has 29 heavy (non-hydrogen) atoms. The third-order valence-electron chi connectivity index (χ3n) is 4.64. The van der Waals surface area contributed by atoms with Crippen molar-refractivity contribution in [2.75, 3.05) is 23.7 Å². The monoisotopic (exact) mass is 469 g/mol. The lowest BCUT2D eigenvalue weighted by Crippen LogP contribution is -2.45. The Kier molecular flexibility index (Phi) is 6.46. The van der Waals surface area contributed by atoms with Crippen LogP contribution in [-0.4, -0.2) is 29.9 Å². The standard InChI is InChI=1S/C20H19BrF3N3O2/c21-17-9-8-15(11-16(17)20(22,23)24)25-18(28)13-5-4-10-27(12-13)19(29)26-14-6-2-1-3-7-14/h1-3,6-9,11,13H,4-5,10,12H2,(H,25,28)(H,26,29). The largest absolute Gasteiger partial charge is 0.417 e. The van der Waals surface area contributed by atoms with Crippen LogP contribution < -0.4 is 10.6 Å². The van der Waals surface area contributed by atoms with Crippen LogP contribution in [0.4, 0.5) is 29.3 Å². The highest BCUT2D eigenvalue weighted by Crippen LogP contribution is 2.36. The average molecular weight is 470 g/mol. The lowest BCUT2D eigenvalue weighted by Gasteiger charge is -2.32. The van der Waals surface area contributed by atoms with Crippen molar-refractivity contribution in [3.63, 3.8) is 0 Å². The fourth-order valence-electron chi connectivity index (χ4n) is 3.16. The molecule has 0 saturated carbocycles. The van der Waals surface area contributed by atoms with Gasteiger partial charge in [-0.3, -0.25) is 4.79 Å². The lowest BCUT2D eigenvalue weighted by atomic mass is 9.97. The Morgan fingerprint density at radius 3 is 2.45 bits per heavy atom. The molecule has 1 unspecified atom stereocenters. The van der Waals surface area contributed by atoms with Crippen molar-refractivity contribution in [1.82, 2.24) is 4.90 Å². The molecule has 1 saturated heterocycles.